The van der Waals surface area contributed by atoms with E-state index in [-0.39, 0.29) is 28.1 Å². The van der Waals surface area contributed by atoms with Crippen LogP contribution in [-0.4, -0.2) is 45.2 Å². The molecule has 1 fully saturated rings. The third-order valence-electron chi connectivity index (χ3n) is 4.65. The van der Waals surface area contributed by atoms with Crippen molar-refractivity contribution in [3.05, 3.63) is 0 Å². The smallest absolute Gasteiger partial charge is 0.410 e. The van der Waals surface area contributed by atoms with Gasteiger partial charge in [-0.3, -0.25) is 4.79 Å². The molecule has 3 atom stereocenters. The first kappa shape index (κ1) is 23.5. The summed E-state index contributed by atoms with van der Waals surface area (Å²) in [5.41, 5.74) is -0.475. The van der Waals surface area contributed by atoms with Gasteiger partial charge < -0.3 is 14.4 Å². The predicted molar refractivity (Wildman–Crippen MR) is 113 cm³/mol. The van der Waals surface area contributed by atoms with E-state index in [0.717, 1.165) is 51.4 Å². The standard InChI is InChI=1S/C20H36INO4/c1-6-8-10-15-13-14-16(22(15)19(24)26-20(3,4)5)11-9-12-17(21)18(23)25-7-2/h15-17H,6-14H2,1-5H3/t15-,16+,17?/m1/s1. The Morgan fingerprint density at radius 2 is 1.69 bits per heavy atom. The van der Waals surface area contributed by atoms with E-state index in [4.69, 9.17) is 9.47 Å². The molecular formula is C20H36INO4. The molecule has 1 aliphatic rings. The summed E-state index contributed by atoms with van der Waals surface area (Å²) in [5.74, 6) is -0.135. The van der Waals surface area contributed by atoms with Crippen molar-refractivity contribution in [2.24, 2.45) is 0 Å². The molecule has 0 aromatic heterocycles. The van der Waals surface area contributed by atoms with Crippen molar-refractivity contribution in [2.75, 3.05) is 6.61 Å². The van der Waals surface area contributed by atoms with Crippen molar-refractivity contribution in [2.45, 2.75) is 108 Å². The summed E-state index contributed by atoms with van der Waals surface area (Å²) in [7, 11) is 0. The van der Waals surface area contributed by atoms with Crippen LogP contribution in [0.2, 0.25) is 0 Å². The zero-order chi connectivity index (χ0) is 19.7. The summed E-state index contributed by atoms with van der Waals surface area (Å²) in [5, 5.41) is 0. The van der Waals surface area contributed by atoms with E-state index < -0.39 is 5.60 Å². The highest BCUT2D eigenvalue weighted by Gasteiger charge is 2.38. The topological polar surface area (TPSA) is 55.8 Å². The minimum atomic E-state index is -0.475. The van der Waals surface area contributed by atoms with Crippen LogP contribution in [-0.2, 0) is 14.3 Å². The molecule has 1 amide bonds. The highest BCUT2D eigenvalue weighted by atomic mass is 127. The highest BCUT2D eigenvalue weighted by molar-refractivity contribution is 14.1. The Balaban J connectivity index is 2.63. The summed E-state index contributed by atoms with van der Waals surface area (Å²) in [6.45, 7) is 10.2. The average Bonchev–Trinajstić information content (AvgIpc) is 2.94. The molecule has 6 heteroatoms. The van der Waals surface area contributed by atoms with Crippen LogP contribution in [0.4, 0.5) is 4.79 Å². The predicted octanol–water partition coefficient (Wildman–Crippen LogP) is 5.48. The van der Waals surface area contributed by atoms with Crippen LogP contribution in [0.5, 0.6) is 0 Å². The van der Waals surface area contributed by atoms with Crippen molar-refractivity contribution in [3.8, 4) is 0 Å². The van der Waals surface area contributed by atoms with Crippen LogP contribution in [0, 0.1) is 0 Å². The van der Waals surface area contributed by atoms with Gasteiger partial charge in [0.05, 0.1) is 6.61 Å². The number of halogens is 1. The lowest BCUT2D eigenvalue weighted by atomic mass is 10.1. The molecule has 0 aromatic rings. The fourth-order valence-corrected chi connectivity index (χ4v) is 4.08. The third-order valence-corrected chi connectivity index (χ3v) is 5.78. The summed E-state index contributed by atoms with van der Waals surface area (Å²) >= 11 is 2.16. The molecule has 5 nitrogen and oxygen atoms in total. The molecule has 0 aliphatic carbocycles. The Hall–Kier alpha value is -0.530. The molecule has 152 valence electrons. The van der Waals surface area contributed by atoms with Gasteiger partial charge in [-0.05, 0) is 66.2 Å². The number of hydrogen-bond acceptors (Lipinski definition) is 4. The first-order valence-electron chi connectivity index (χ1n) is 10.0. The lowest BCUT2D eigenvalue weighted by Gasteiger charge is -2.33. The van der Waals surface area contributed by atoms with Crippen LogP contribution in [0.25, 0.3) is 0 Å². The number of likely N-dealkylation sites (tertiary alicyclic amines) is 1. The molecule has 0 radical (unpaired) electrons. The molecule has 1 unspecified atom stereocenters. The fourth-order valence-electron chi connectivity index (χ4n) is 3.46. The Bertz CT molecular complexity index is 450. The van der Waals surface area contributed by atoms with Crippen molar-refractivity contribution < 1.29 is 19.1 Å². The molecule has 0 N–H and O–H groups in total. The minimum absolute atomic E-state index is 0.111. The SMILES string of the molecule is CCCC[C@@H]1CC[C@H](CCCC(I)C(=O)OCC)N1C(=O)OC(C)(C)C. The number of unbranched alkanes of at least 4 members (excludes halogenated alkanes) is 1. The molecule has 0 aromatic carbocycles. The van der Waals surface area contributed by atoms with Gasteiger partial charge in [0.25, 0.3) is 0 Å². The van der Waals surface area contributed by atoms with Crippen molar-refractivity contribution >= 4 is 34.7 Å². The maximum Gasteiger partial charge on any atom is 0.410 e. The van der Waals surface area contributed by atoms with Gasteiger partial charge in [0, 0.05) is 12.1 Å². The second-order valence-corrected chi connectivity index (χ2v) is 9.57. The molecule has 26 heavy (non-hydrogen) atoms. The number of alkyl halides is 1. The summed E-state index contributed by atoms with van der Waals surface area (Å²) in [6, 6.07) is 0.507. The molecule has 0 saturated carbocycles. The lowest BCUT2D eigenvalue weighted by molar-refractivity contribution is -0.142. The highest BCUT2D eigenvalue weighted by Crippen LogP contribution is 2.32. The first-order valence-corrected chi connectivity index (χ1v) is 11.3. The van der Waals surface area contributed by atoms with E-state index >= 15 is 0 Å². The monoisotopic (exact) mass is 481 g/mol. The summed E-state index contributed by atoms with van der Waals surface area (Å²) < 4.78 is 10.6. The van der Waals surface area contributed by atoms with Gasteiger partial charge in [-0.15, -0.1) is 0 Å². The van der Waals surface area contributed by atoms with E-state index in [2.05, 4.69) is 29.5 Å². The van der Waals surface area contributed by atoms with Gasteiger partial charge in [0.15, 0.2) is 0 Å². The molecular weight excluding hydrogens is 445 g/mol. The molecule has 0 bridgehead atoms. The minimum Gasteiger partial charge on any atom is -0.465 e. The fraction of sp³-hybridized carbons (Fsp3) is 0.900. The molecule has 1 saturated heterocycles. The number of rotatable bonds is 9. The Kier molecular flexibility index (Phi) is 10.3. The van der Waals surface area contributed by atoms with Crippen LogP contribution in [0.15, 0.2) is 0 Å². The Morgan fingerprint density at radius 1 is 1.12 bits per heavy atom. The van der Waals surface area contributed by atoms with Crippen LogP contribution in [0.1, 0.15) is 86.0 Å². The summed E-state index contributed by atoms with van der Waals surface area (Å²) in [4.78, 5) is 26.5. The first-order chi connectivity index (χ1) is 12.2. The second-order valence-electron chi connectivity index (χ2n) is 8.07. The second kappa shape index (κ2) is 11.3. The van der Waals surface area contributed by atoms with Gasteiger partial charge in [-0.25, -0.2) is 4.79 Å². The normalized spacial score (nSPS) is 21.5. The van der Waals surface area contributed by atoms with Crippen molar-refractivity contribution in [3.63, 3.8) is 0 Å². The van der Waals surface area contributed by atoms with E-state index in [1.54, 1.807) is 0 Å². The third kappa shape index (κ3) is 8.01. The molecule has 1 heterocycles. The lowest BCUT2D eigenvalue weighted by Crippen LogP contribution is -2.44. The Labute approximate surface area is 172 Å². The number of carbonyl (C=O) groups excluding carboxylic acids is 2. The van der Waals surface area contributed by atoms with E-state index in [1.807, 2.05) is 32.6 Å². The number of hydrogen-bond donors (Lipinski definition) is 0. The van der Waals surface area contributed by atoms with Gasteiger partial charge in [0.1, 0.15) is 9.53 Å². The van der Waals surface area contributed by atoms with Crippen molar-refractivity contribution in [1.82, 2.24) is 4.90 Å². The van der Waals surface area contributed by atoms with Crippen molar-refractivity contribution in [1.29, 1.82) is 0 Å². The number of esters is 1. The Morgan fingerprint density at radius 3 is 2.19 bits per heavy atom. The van der Waals surface area contributed by atoms with Crippen LogP contribution < -0.4 is 0 Å². The summed E-state index contributed by atoms with van der Waals surface area (Å²) in [6.07, 6.45) is 7.83. The molecule has 1 aliphatic heterocycles. The quantitative estimate of drug-likeness (QED) is 0.249. The maximum absolute atomic E-state index is 12.8. The number of carbonyl (C=O) groups is 2. The van der Waals surface area contributed by atoms with Gasteiger partial charge in [-0.2, -0.15) is 0 Å². The number of amides is 1. The van der Waals surface area contributed by atoms with E-state index in [9.17, 15) is 9.59 Å². The zero-order valence-corrected chi connectivity index (χ0v) is 19.2. The zero-order valence-electron chi connectivity index (χ0n) is 17.1. The molecule has 1 rings (SSSR count). The number of ether oxygens (including phenoxy) is 2. The van der Waals surface area contributed by atoms with Crippen LogP contribution in [0.3, 0.4) is 0 Å². The molecule has 0 spiro atoms. The maximum atomic E-state index is 12.8. The number of nitrogens with zero attached hydrogens (tertiary/aromatic N) is 1. The van der Waals surface area contributed by atoms with Gasteiger partial charge >= 0.3 is 12.1 Å². The van der Waals surface area contributed by atoms with Crippen LogP contribution >= 0.6 is 22.6 Å². The largest absolute Gasteiger partial charge is 0.465 e. The average molecular weight is 481 g/mol. The van der Waals surface area contributed by atoms with Gasteiger partial charge in [0.2, 0.25) is 0 Å². The van der Waals surface area contributed by atoms with Gasteiger partial charge in [-0.1, -0.05) is 42.4 Å². The van der Waals surface area contributed by atoms with E-state index in [0.29, 0.717) is 6.61 Å². The van der Waals surface area contributed by atoms with E-state index in [1.165, 1.54) is 0 Å².